The zero-order valence-electron chi connectivity index (χ0n) is 12.0. The molecule has 1 fully saturated rings. The van der Waals surface area contributed by atoms with Crippen molar-refractivity contribution >= 4 is 11.7 Å². The van der Waals surface area contributed by atoms with Crippen LogP contribution in [0.2, 0.25) is 0 Å². The summed E-state index contributed by atoms with van der Waals surface area (Å²) in [7, 11) is 0. The molecule has 1 aromatic rings. The summed E-state index contributed by atoms with van der Waals surface area (Å²) in [4.78, 5) is 25.8. The first-order chi connectivity index (χ1) is 10.1. The van der Waals surface area contributed by atoms with Gasteiger partial charge in [0.1, 0.15) is 11.4 Å². The maximum atomic E-state index is 12.3. The van der Waals surface area contributed by atoms with E-state index in [1.54, 1.807) is 17.9 Å². The first kappa shape index (κ1) is 13.7. The number of likely N-dealkylation sites (tertiary alicyclic amines) is 1. The summed E-state index contributed by atoms with van der Waals surface area (Å²) in [6, 6.07) is 7.37. The predicted molar refractivity (Wildman–Crippen MR) is 78.0 cm³/mol. The molecule has 3 rings (SSSR count). The molecule has 2 aliphatic heterocycles. The van der Waals surface area contributed by atoms with Gasteiger partial charge in [0.25, 0.3) is 5.91 Å². The minimum Gasteiger partial charge on any atom is -0.486 e. The molecule has 0 atom stereocenters. The topological polar surface area (TPSA) is 46.6 Å². The number of piperidine rings is 1. The van der Waals surface area contributed by atoms with Gasteiger partial charge in [0.2, 0.25) is 0 Å². The highest BCUT2D eigenvalue weighted by atomic mass is 16.5. The van der Waals surface area contributed by atoms with Crippen molar-refractivity contribution in [3.63, 3.8) is 0 Å². The number of benzene rings is 1. The van der Waals surface area contributed by atoms with E-state index in [9.17, 15) is 9.59 Å². The zero-order valence-corrected chi connectivity index (χ0v) is 12.0. The zero-order chi connectivity index (χ0) is 14.9. The van der Waals surface area contributed by atoms with E-state index in [0.717, 1.165) is 0 Å². The molecule has 4 heteroatoms. The summed E-state index contributed by atoms with van der Waals surface area (Å²) in [5.74, 6) is 5.84. The van der Waals surface area contributed by atoms with Gasteiger partial charge < -0.3 is 9.64 Å². The highest BCUT2D eigenvalue weighted by molar-refractivity contribution is 6.00. The van der Waals surface area contributed by atoms with Gasteiger partial charge in [-0.15, -0.1) is 0 Å². The number of amides is 1. The molecule has 0 bridgehead atoms. The quantitative estimate of drug-likeness (QED) is 0.684. The van der Waals surface area contributed by atoms with Crippen molar-refractivity contribution in [3.8, 4) is 17.6 Å². The number of ketones is 1. The minimum absolute atomic E-state index is 0.130. The highest BCUT2D eigenvalue weighted by Crippen LogP contribution is 2.39. The Morgan fingerprint density at radius 3 is 2.71 bits per heavy atom. The number of hydrogen-bond donors (Lipinski definition) is 0. The second-order valence-electron chi connectivity index (χ2n) is 5.55. The molecule has 4 nitrogen and oxygen atoms in total. The van der Waals surface area contributed by atoms with Crippen LogP contribution in [0.15, 0.2) is 24.3 Å². The van der Waals surface area contributed by atoms with Crippen LogP contribution in [0.3, 0.4) is 0 Å². The van der Waals surface area contributed by atoms with Crippen LogP contribution < -0.4 is 4.74 Å². The van der Waals surface area contributed by atoms with Crippen molar-refractivity contribution in [2.45, 2.75) is 31.8 Å². The van der Waals surface area contributed by atoms with E-state index in [-0.39, 0.29) is 11.7 Å². The molecule has 1 saturated heterocycles. The molecular formula is C17H17NO3. The largest absolute Gasteiger partial charge is 0.486 e. The summed E-state index contributed by atoms with van der Waals surface area (Å²) in [6.45, 7) is 2.83. The second kappa shape index (κ2) is 5.25. The fraction of sp³-hybridized carbons (Fsp3) is 0.412. The molecule has 0 unspecified atom stereocenters. The summed E-state index contributed by atoms with van der Waals surface area (Å²) in [6.07, 6.45) is 1.74. The fourth-order valence-corrected chi connectivity index (χ4v) is 3.03. The van der Waals surface area contributed by atoms with E-state index >= 15 is 0 Å². The molecule has 108 valence electrons. The molecule has 2 heterocycles. The van der Waals surface area contributed by atoms with Crippen LogP contribution in [0.5, 0.6) is 5.75 Å². The standard InChI is InChI=1S/C17H17NO3/c1-2-5-16(20)18-10-8-17(9-11-18)12-14(19)13-6-3-4-7-15(13)21-17/h3-4,6-7H,8-12H2,1H3. The Morgan fingerprint density at radius 2 is 2.00 bits per heavy atom. The number of Topliss-reactive ketones (excluding diaryl/α,β-unsaturated/α-hetero) is 1. The number of carbonyl (C=O) groups is 2. The van der Waals surface area contributed by atoms with E-state index in [2.05, 4.69) is 11.8 Å². The molecule has 0 radical (unpaired) electrons. The number of para-hydroxylation sites is 1. The summed E-state index contributed by atoms with van der Waals surface area (Å²) in [5, 5.41) is 0. The van der Waals surface area contributed by atoms with Crippen LogP contribution >= 0.6 is 0 Å². The van der Waals surface area contributed by atoms with Gasteiger partial charge in [-0.1, -0.05) is 18.1 Å². The lowest BCUT2D eigenvalue weighted by Gasteiger charge is -2.43. The van der Waals surface area contributed by atoms with Gasteiger partial charge in [0, 0.05) is 25.9 Å². The van der Waals surface area contributed by atoms with Gasteiger partial charge in [0.05, 0.1) is 12.0 Å². The number of fused-ring (bicyclic) bond motifs is 1. The average Bonchev–Trinajstić information content (AvgIpc) is 2.48. The molecule has 0 aromatic heterocycles. The lowest BCUT2D eigenvalue weighted by molar-refractivity contribution is -0.128. The Kier molecular flexibility index (Phi) is 3.42. The summed E-state index contributed by atoms with van der Waals surface area (Å²) in [5.41, 5.74) is 0.209. The fourth-order valence-electron chi connectivity index (χ4n) is 3.03. The molecule has 0 aliphatic carbocycles. The number of ether oxygens (including phenoxy) is 1. The van der Waals surface area contributed by atoms with E-state index in [1.165, 1.54) is 0 Å². The Bertz CT molecular complexity index is 645. The van der Waals surface area contributed by atoms with Crippen molar-refractivity contribution in [3.05, 3.63) is 29.8 Å². The molecule has 1 aromatic carbocycles. The minimum atomic E-state index is -0.456. The first-order valence-corrected chi connectivity index (χ1v) is 7.16. The van der Waals surface area contributed by atoms with Gasteiger partial charge in [-0.2, -0.15) is 0 Å². The van der Waals surface area contributed by atoms with E-state index in [0.29, 0.717) is 43.7 Å². The van der Waals surface area contributed by atoms with Gasteiger partial charge in [-0.3, -0.25) is 9.59 Å². The van der Waals surface area contributed by atoms with Gasteiger partial charge in [-0.25, -0.2) is 0 Å². The lowest BCUT2D eigenvalue weighted by Crippen LogP contribution is -2.52. The van der Waals surface area contributed by atoms with Crippen molar-refractivity contribution in [1.82, 2.24) is 4.90 Å². The van der Waals surface area contributed by atoms with Gasteiger partial charge in [-0.05, 0) is 25.0 Å². The number of hydrogen-bond acceptors (Lipinski definition) is 3. The van der Waals surface area contributed by atoms with Crippen LogP contribution in [0.1, 0.15) is 36.5 Å². The van der Waals surface area contributed by atoms with Crippen molar-refractivity contribution < 1.29 is 14.3 Å². The maximum Gasteiger partial charge on any atom is 0.298 e. The third kappa shape index (κ3) is 2.52. The van der Waals surface area contributed by atoms with Gasteiger partial charge in [0.15, 0.2) is 5.78 Å². The smallest absolute Gasteiger partial charge is 0.298 e. The molecule has 1 amide bonds. The molecule has 2 aliphatic rings. The Labute approximate surface area is 124 Å². The normalized spacial score (nSPS) is 19.3. The van der Waals surface area contributed by atoms with Crippen molar-refractivity contribution in [2.75, 3.05) is 13.1 Å². The third-order valence-electron chi connectivity index (χ3n) is 4.19. The van der Waals surface area contributed by atoms with Crippen LogP contribution in [0.25, 0.3) is 0 Å². The van der Waals surface area contributed by atoms with E-state index in [1.807, 2.05) is 18.2 Å². The Hall–Kier alpha value is -2.28. The predicted octanol–water partition coefficient (Wildman–Crippen LogP) is 2.04. The number of nitrogens with zero attached hydrogens (tertiary/aromatic N) is 1. The average molecular weight is 283 g/mol. The number of carbonyl (C=O) groups excluding carboxylic acids is 2. The van der Waals surface area contributed by atoms with Gasteiger partial charge >= 0.3 is 0 Å². The van der Waals surface area contributed by atoms with Crippen molar-refractivity contribution in [1.29, 1.82) is 0 Å². The second-order valence-corrected chi connectivity index (χ2v) is 5.55. The molecular weight excluding hydrogens is 266 g/mol. The molecule has 1 spiro atoms. The first-order valence-electron chi connectivity index (χ1n) is 7.16. The number of rotatable bonds is 0. The van der Waals surface area contributed by atoms with Crippen LogP contribution in [0, 0.1) is 11.8 Å². The monoisotopic (exact) mass is 283 g/mol. The highest BCUT2D eigenvalue weighted by Gasteiger charge is 2.43. The lowest BCUT2D eigenvalue weighted by atomic mass is 9.82. The summed E-state index contributed by atoms with van der Waals surface area (Å²) >= 11 is 0. The van der Waals surface area contributed by atoms with Crippen LogP contribution in [-0.4, -0.2) is 35.3 Å². The van der Waals surface area contributed by atoms with Crippen LogP contribution in [-0.2, 0) is 4.79 Å². The van der Waals surface area contributed by atoms with E-state index < -0.39 is 5.60 Å². The molecule has 0 saturated carbocycles. The summed E-state index contributed by atoms with van der Waals surface area (Å²) < 4.78 is 6.12. The molecule has 0 N–H and O–H groups in total. The van der Waals surface area contributed by atoms with Crippen LogP contribution in [0.4, 0.5) is 0 Å². The Balaban J connectivity index is 1.76. The molecule has 21 heavy (non-hydrogen) atoms. The maximum absolute atomic E-state index is 12.3. The SMILES string of the molecule is CC#CC(=O)N1CCC2(CC1)CC(=O)c1ccccc1O2. The third-order valence-corrected chi connectivity index (χ3v) is 4.19. The van der Waals surface area contributed by atoms with Crippen molar-refractivity contribution in [2.24, 2.45) is 0 Å². The van der Waals surface area contributed by atoms with E-state index in [4.69, 9.17) is 4.74 Å². The Morgan fingerprint density at radius 1 is 1.29 bits per heavy atom.